The fourth-order valence-electron chi connectivity index (χ4n) is 2.59. The molecule has 0 aliphatic carbocycles. The molecule has 0 aromatic heterocycles. The second-order valence-electron chi connectivity index (χ2n) is 5.99. The predicted molar refractivity (Wildman–Crippen MR) is 95.5 cm³/mol. The Morgan fingerprint density at radius 1 is 1.12 bits per heavy atom. The van der Waals surface area contributed by atoms with E-state index in [1.807, 2.05) is 0 Å². The van der Waals surface area contributed by atoms with Crippen LogP contribution in [0.3, 0.4) is 0 Å². The van der Waals surface area contributed by atoms with Crippen LogP contribution < -0.4 is 4.72 Å². The quantitative estimate of drug-likeness (QED) is 0.800. The predicted octanol–water partition coefficient (Wildman–Crippen LogP) is 2.25. The highest BCUT2D eigenvalue weighted by atomic mass is 35.5. The van der Waals surface area contributed by atoms with E-state index < -0.39 is 20.0 Å². The van der Waals surface area contributed by atoms with Gasteiger partial charge in [0.25, 0.3) is 0 Å². The summed E-state index contributed by atoms with van der Waals surface area (Å²) in [7, 11) is -6.93. The smallest absolute Gasteiger partial charge is 0.213 e. The van der Waals surface area contributed by atoms with Crippen LogP contribution in [0.15, 0.2) is 17.0 Å². The Morgan fingerprint density at radius 3 is 2.25 bits per heavy atom. The maximum atomic E-state index is 12.4. The molecule has 1 heterocycles. The number of benzene rings is 1. The highest BCUT2D eigenvalue weighted by Crippen LogP contribution is 2.28. The monoisotopic (exact) mass is 414 g/mol. The Morgan fingerprint density at radius 2 is 1.71 bits per heavy atom. The zero-order chi connectivity index (χ0) is 18.1. The van der Waals surface area contributed by atoms with Crippen molar-refractivity contribution >= 4 is 43.2 Å². The lowest BCUT2D eigenvalue weighted by Gasteiger charge is -2.30. The molecule has 136 valence electrons. The zero-order valence-electron chi connectivity index (χ0n) is 13.4. The van der Waals surface area contributed by atoms with E-state index in [9.17, 15) is 16.8 Å². The topological polar surface area (TPSA) is 83.6 Å². The normalized spacial score (nSPS) is 18.0. The van der Waals surface area contributed by atoms with Gasteiger partial charge in [0.05, 0.1) is 11.3 Å². The molecule has 10 heteroatoms. The highest BCUT2D eigenvalue weighted by molar-refractivity contribution is 7.89. The van der Waals surface area contributed by atoms with Gasteiger partial charge in [-0.25, -0.2) is 25.9 Å². The molecule has 0 saturated carbocycles. The Labute approximate surface area is 153 Å². The first-order valence-electron chi connectivity index (χ1n) is 7.41. The van der Waals surface area contributed by atoms with Crippen LogP contribution in [0.5, 0.6) is 0 Å². The Balaban J connectivity index is 2.01. The number of aryl methyl sites for hydroxylation is 1. The van der Waals surface area contributed by atoms with E-state index in [4.69, 9.17) is 23.2 Å². The van der Waals surface area contributed by atoms with Gasteiger partial charge in [0.2, 0.25) is 20.0 Å². The van der Waals surface area contributed by atoms with Crippen molar-refractivity contribution in [3.8, 4) is 0 Å². The molecule has 2 rings (SSSR count). The lowest BCUT2D eigenvalue weighted by atomic mass is 9.99. The van der Waals surface area contributed by atoms with Crippen molar-refractivity contribution < 1.29 is 16.8 Å². The van der Waals surface area contributed by atoms with Crippen molar-refractivity contribution in [2.45, 2.75) is 24.7 Å². The molecule has 0 amide bonds. The van der Waals surface area contributed by atoms with Crippen molar-refractivity contribution in [2.24, 2.45) is 5.92 Å². The highest BCUT2D eigenvalue weighted by Gasteiger charge is 2.26. The van der Waals surface area contributed by atoms with Gasteiger partial charge >= 0.3 is 0 Å². The van der Waals surface area contributed by atoms with Crippen molar-refractivity contribution in [3.63, 3.8) is 0 Å². The summed E-state index contributed by atoms with van der Waals surface area (Å²) in [5.74, 6) is 0.0879. The van der Waals surface area contributed by atoms with E-state index in [1.54, 1.807) is 6.92 Å². The van der Waals surface area contributed by atoms with Crippen LogP contribution in [0.1, 0.15) is 18.4 Å². The molecule has 1 N–H and O–H groups in total. The van der Waals surface area contributed by atoms with Gasteiger partial charge in [0.1, 0.15) is 4.90 Å². The van der Waals surface area contributed by atoms with E-state index >= 15 is 0 Å². The summed E-state index contributed by atoms with van der Waals surface area (Å²) in [5, 5.41) is 0.483. The number of piperidine rings is 1. The number of hydrogen-bond donors (Lipinski definition) is 1. The summed E-state index contributed by atoms with van der Waals surface area (Å²) in [5.41, 5.74) is 0.628. The first-order chi connectivity index (χ1) is 11.0. The molecule has 24 heavy (non-hydrogen) atoms. The van der Waals surface area contributed by atoms with E-state index in [1.165, 1.54) is 22.7 Å². The summed E-state index contributed by atoms with van der Waals surface area (Å²) in [6, 6.07) is 2.86. The minimum atomic E-state index is -3.74. The maximum absolute atomic E-state index is 12.4. The molecule has 1 aromatic rings. The first-order valence-corrected chi connectivity index (χ1v) is 11.5. The second kappa shape index (κ2) is 7.47. The Kier molecular flexibility index (Phi) is 6.21. The largest absolute Gasteiger partial charge is 0.242 e. The first kappa shape index (κ1) is 19.9. The summed E-state index contributed by atoms with van der Waals surface area (Å²) in [6.07, 6.45) is 2.41. The average Bonchev–Trinajstić information content (AvgIpc) is 2.48. The second-order valence-corrected chi connectivity index (χ2v) is 10.5. The molecule has 1 fully saturated rings. The molecular formula is C14H20Cl2N2O4S2. The van der Waals surface area contributed by atoms with Gasteiger partial charge in [-0.15, -0.1) is 0 Å². The van der Waals surface area contributed by atoms with Gasteiger partial charge in [-0.3, -0.25) is 0 Å². The van der Waals surface area contributed by atoms with Crippen LogP contribution in [0.2, 0.25) is 10.0 Å². The number of hydrogen-bond acceptors (Lipinski definition) is 4. The number of nitrogens with zero attached hydrogens (tertiary/aromatic N) is 1. The molecule has 0 unspecified atom stereocenters. The fourth-order valence-corrected chi connectivity index (χ4v) is 5.41. The van der Waals surface area contributed by atoms with Gasteiger partial charge < -0.3 is 0 Å². The Hall–Kier alpha value is -0.380. The molecule has 0 atom stereocenters. The van der Waals surface area contributed by atoms with Crippen LogP contribution in [0.25, 0.3) is 0 Å². The van der Waals surface area contributed by atoms with Gasteiger partial charge in [-0.05, 0) is 43.4 Å². The van der Waals surface area contributed by atoms with Crippen molar-refractivity contribution in [3.05, 3.63) is 27.7 Å². The average molecular weight is 415 g/mol. The van der Waals surface area contributed by atoms with Crippen LogP contribution in [0, 0.1) is 12.8 Å². The van der Waals surface area contributed by atoms with E-state index in [2.05, 4.69) is 4.72 Å². The van der Waals surface area contributed by atoms with E-state index in [0.717, 1.165) is 0 Å². The molecular weight excluding hydrogens is 395 g/mol. The molecule has 0 radical (unpaired) electrons. The lowest BCUT2D eigenvalue weighted by molar-refractivity contribution is 0.275. The molecule has 1 aromatic carbocycles. The minimum Gasteiger partial charge on any atom is -0.213 e. The molecule has 0 spiro atoms. The molecule has 1 aliphatic heterocycles. The standard InChI is InChI=1S/C14H20Cl2N2O4S2/c1-10-7-14(13(16)8-12(10)15)24(21,22)17-9-11-3-5-18(6-4-11)23(2,19)20/h7-8,11,17H,3-6,9H2,1-2H3. The van der Waals surface area contributed by atoms with Gasteiger partial charge in [0, 0.05) is 24.7 Å². The van der Waals surface area contributed by atoms with Crippen LogP contribution in [-0.4, -0.2) is 47.0 Å². The zero-order valence-corrected chi connectivity index (χ0v) is 16.6. The van der Waals surface area contributed by atoms with Crippen LogP contribution >= 0.6 is 23.2 Å². The summed E-state index contributed by atoms with van der Waals surface area (Å²) < 4.78 is 51.8. The molecule has 6 nitrogen and oxygen atoms in total. The third-order valence-corrected chi connectivity index (χ3v) is 7.71. The molecule has 0 bridgehead atoms. The Bertz CT molecular complexity index is 817. The minimum absolute atomic E-state index is 0.000335. The van der Waals surface area contributed by atoms with Crippen molar-refractivity contribution in [2.75, 3.05) is 25.9 Å². The summed E-state index contributed by atoms with van der Waals surface area (Å²) in [4.78, 5) is -0.000335. The number of rotatable bonds is 5. The van der Waals surface area contributed by atoms with Crippen LogP contribution in [-0.2, 0) is 20.0 Å². The van der Waals surface area contributed by atoms with Gasteiger partial charge in [0.15, 0.2) is 0 Å². The van der Waals surface area contributed by atoms with E-state index in [0.29, 0.717) is 36.5 Å². The fraction of sp³-hybridized carbons (Fsp3) is 0.571. The van der Waals surface area contributed by atoms with Gasteiger partial charge in [-0.1, -0.05) is 23.2 Å². The third-order valence-electron chi connectivity index (χ3n) is 4.11. The third kappa shape index (κ3) is 4.83. The van der Waals surface area contributed by atoms with Gasteiger partial charge in [-0.2, -0.15) is 0 Å². The lowest BCUT2D eigenvalue weighted by Crippen LogP contribution is -2.41. The number of nitrogens with one attached hydrogen (secondary N) is 1. The van der Waals surface area contributed by atoms with Crippen molar-refractivity contribution in [1.29, 1.82) is 0 Å². The SMILES string of the molecule is Cc1cc(S(=O)(=O)NCC2CCN(S(C)(=O)=O)CC2)c(Cl)cc1Cl. The molecule has 1 aliphatic rings. The number of sulfonamides is 2. The van der Waals surface area contributed by atoms with Crippen LogP contribution in [0.4, 0.5) is 0 Å². The molecule has 1 saturated heterocycles. The van der Waals surface area contributed by atoms with Crippen molar-refractivity contribution in [1.82, 2.24) is 9.03 Å². The summed E-state index contributed by atoms with van der Waals surface area (Å²) >= 11 is 11.9. The summed E-state index contributed by atoms with van der Waals surface area (Å²) in [6.45, 7) is 2.77. The maximum Gasteiger partial charge on any atom is 0.242 e. The van der Waals surface area contributed by atoms with E-state index in [-0.39, 0.29) is 22.4 Å². The number of halogens is 2.